The zero-order valence-electron chi connectivity index (χ0n) is 10.2. The van der Waals surface area contributed by atoms with Crippen molar-refractivity contribution in [2.24, 2.45) is 11.3 Å². The fourth-order valence-electron chi connectivity index (χ4n) is 2.62. The molecule has 2 unspecified atom stereocenters. The van der Waals surface area contributed by atoms with Gasteiger partial charge in [-0.15, -0.1) is 0 Å². The van der Waals surface area contributed by atoms with Crippen LogP contribution in [-0.2, 0) is 0 Å². The van der Waals surface area contributed by atoms with Crippen LogP contribution in [0, 0.1) is 11.3 Å². The molecule has 0 bridgehead atoms. The van der Waals surface area contributed by atoms with Crippen molar-refractivity contribution in [1.29, 1.82) is 0 Å². The summed E-state index contributed by atoms with van der Waals surface area (Å²) in [5.41, 5.74) is 0.747. The van der Waals surface area contributed by atoms with Crippen LogP contribution in [0.1, 0.15) is 59.3 Å². The fraction of sp³-hybridized carbons (Fsp3) is 1.00. The van der Waals surface area contributed by atoms with E-state index >= 15 is 0 Å². The van der Waals surface area contributed by atoms with E-state index in [0.717, 1.165) is 11.3 Å². The van der Waals surface area contributed by atoms with Crippen LogP contribution in [0.5, 0.6) is 0 Å². The smallest absolute Gasteiger partial charge is 0.00150 e. The first-order valence-electron chi connectivity index (χ1n) is 6.49. The Bertz CT molecular complexity index is 155. The summed E-state index contributed by atoms with van der Waals surface area (Å²) in [6, 6.07) is 0. The third-order valence-electron chi connectivity index (χ3n) is 3.91. The summed E-state index contributed by atoms with van der Waals surface area (Å²) in [4.78, 5) is 0. The Balaban J connectivity index is 2.17. The van der Waals surface area contributed by atoms with E-state index in [0.29, 0.717) is 0 Å². The van der Waals surface area contributed by atoms with Crippen LogP contribution in [0.3, 0.4) is 0 Å². The predicted molar refractivity (Wildman–Crippen MR) is 63.5 cm³/mol. The molecule has 1 rings (SSSR count). The van der Waals surface area contributed by atoms with Gasteiger partial charge >= 0.3 is 0 Å². The Morgan fingerprint density at radius 2 is 2.00 bits per heavy atom. The quantitative estimate of drug-likeness (QED) is 0.586. The predicted octanol–water partition coefficient (Wildman–Crippen LogP) is 3.59. The Labute approximate surface area is 89.7 Å². The summed E-state index contributed by atoms with van der Waals surface area (Å²) in [5.74, 6) is 0.991. The second kappa shape index (κ2) is 5.75. The summed E-state index contributed by atoms with van der Waals surface area (Å²) in [6.45, 7) is 9.38. The normalized spacial score (nSPS) is 30.6. The van der Waals surface area contributed by atoms with Crippen LogP contribution in [-0.4, -0.2) is 13.1 Å². The van der Waals surface area contributed by atoms with Gasteiger partial charge in [-0.2, -0.15) is 0 Å². The average Bonchev–Trinajstić information content (AvgIpc) is 2.90. The lowest BCUT2D eigenvalue weighted by Gasteiger charge is -2.14. The molecule has 2 atom stereocenters. The highest BCUT2D eigenvalue weighted by Crippen LogP contribution is 2.58. The van der Waals surface area contributed by atoms with Gasteiger partial charge in [-0.05, 0) is 43.7 Å². The van der Waals surface area contributed by atoms with E-state index in [1.807, 2.05) is 0 Å². The molecule has 14 heavy (non-hydrogen) atoms. The molecule has 1 N–H and O–H groups in total. The number of hydrogen-bond donors (Lipinski definition) is 1. The van der Waals surface area contributed by atoms with Gasteiger partial charge in [0, 0.05) is 0 Å². The minimum atomic E-state index is 0.747. The Kier molecular flexibility index (Phi) is 4.94. The standard InChI is InChI=1S/C13H27N/c1-4-7-8-13(6-3)10-12(13)11-14-9-5-2/h12,14H,4-11H2,1-3H3. The summed E-state index contributed by atoms with van der Waals surface area (Å²) in [6.07, 6.45) is 8.40. The van der Waals surface area contributed by atoms with Crippen molar-refractivity contribution in [3.63, 3.8) is 0 Å². The fourth-order valence-corrected chi connectivity index (χ4v) is 2.62. The van der Waals surface area contributed by atoms with Gasteiger partial charge in [0.2, 0.25) is 0 Å². The summed E-state index contributed by atoms with van der Waals surface area (Å²) in [7, 11) is 0. The number of rotatable bonds is 8. The van der Waals surface area contributed by atoms with E-state index in [-0.39, 0.29) is 0 Å². The van der Waals surface area contributed by atoms with Crippen LogP contribution in [0.2, 0.25) is 0 Å². The van der Waals surface area contributed by atoms with Crippen molar-refractivity contribution in [3.8, 4) is 0 Å². The molecule has 1 saturated carbocycles. The van der Waals surface area contributed by atoms with Gasteiger partial charge in [-0.25, -0.2) is 0 Å². The van der Waals surface area contributed by atoms with Crippen molar-refractivity contribution in [2.45, 2.75) is 59.3 Å². The van der Waals surface area contributed by atoms with Crippen LogP contribution in [0.15, 0.2) is 0 Å². The molecule has 1 aliphatic carbocycles. The van der Waals surface area contributed by atoms with Crippen LogP contribution in [0.4, 0.5) is 0 Å². The molecule has 0 aliphatic heterocycles. The Morgan fingerprint density at radius 1 is 1.21 bits per heavy atom. The van der Waals surface area contributed by atoms with E-state index in [1.165, 1.54) is 51.6 Å². The second-order valence-electron chi connectivity index (χ2n) is 4.92. The minimum Gasteiger partial charge on any atom is -0.316 e. The monoisotopic (exact) mass is 197 g/mol. The zero-order chi connectivity index (χ0) is 10.4. The van der Waals surface area contributed by atoms with Gasteiger partial charge in [0.05, 0.1) is 0 Å². The van der Waals surface area contributed by atoms with Crippen LogP contribution < -0.4 is 5.32 Å². The highest BCUT2D eigenvalue weighted by molar-refractivity contribution is 5.01. The number of nitrogens with one attached hydrogen (secondary N) is 1. The van der Waals surface area contributed by atoms with E-state index in [4.69, 9.17) is 0 Å². The van der Waals surface area contributed by atoms with Gasteiger partial charge in [0.25, 0.3) is 0 Å². The Morgan fingerprint density at radius 3 is 2.57 bits per heavy atom. The zero-order valence-corrected chi connectivity index (χ0v) is 10.2. The van der Waals surface area contributed by atoms with E-state index < -0.39 is 0 Å². The van der Waals surface area contributed by atoms with Gasteiger partial charge in [0.15, 0.2) is 0 Å². The first kappa shape index (κ1) is 12.0. The number of hydrogen-bond acceptors (Lipinski definition) is 1. The van der Waals surface area contributed by atoms with Gasteiger partial charge in [-0.3, -0.25) is 0 Å². The molecule has 0 saturated heterocycles. The van der Waals surface area contributed by atoms with E-state index in [2.05, 4.69) is 26.1 Å². The molecule has 1 nitrogen and oxygen atoms in total. The third-order valence-corrected chi connectivity index (χ3v) is 3.91. The molecule has 1 fully saturated rings. The van der Waals surface area contributed by atoms with Gasteiger partial charge < -0.3 is 5.32 Å². The molecule has 0 heterocycles. The minimum absolute atomic E-state index is 0.747. The molecule has 1 aliphatic rings. The van der Waals surface area contributed by atoms with E-state index in [1.54, 1.807) is 0 Å². The molecule has 0 spiro atoms. The Hall–Kier alpha value is -0.0400. The van der Waals surface area contributed by atoms with Crippen molar-refractivity contribution < 1.29 is 0 Å². The first-order valence-corrected chi connectivity index (χ1v) is 6.49. The SMILES string of the molecule is CCCCC1(CC)CC1CNCCC. The van der Waals surface area contributed by atoms with Crippen LogP contribution in [0.25, 0.3) is 0 Å². The molecule has 0 aromatic heterocycles. The maximum atomic E-state index is 3.56. The molecular weight excluding hydrogens is 170 g/mol. The van der Waals surface area contributed by atoms with Crippen molar-refractivity contribution in [1.82, 2.24) is 5.32 Å². The molecule has 0 amide bonds. The maximum Gasteiger partial charge on any atom is -0.00150 e. The lowest BCUT2D eigenvalue weighted by Crippen LogP contribution is -2.20. The highest BCUT2D eigenvalue weighted by Gasteiger charge is 2.50. The molecule has 0 radical (unpaired) electrons. The number of unbranched alkanes of at least 4 members (excludes halogenated alkanes) is 1. The van der Waals surface area contributed by atoms with Crippen molar-refractivity contribution in [3.05, 3.63) is 0 Å². The molecule has 0 aromatic carbocycles. The summed E-state index contributed by atoms with van der Waals surface area (Å²) >= 11 is 0. The van der Waals surface area contributed by atoms with Crippen molar-refractivity contribution >= 4 is 0 Å². The topological polar surface area (TPSA) is 12.0 Å². The largest absolute Gasteiger partial charge is 0.316 e. The molecule has 84 valence electrons. The lowest BCUT2D eigenvalue weighted by molar-refractivity contribution is 0.380. The van der Waals surface area contributed by atoms with Crippen molar-refractivity contribution in [2.75, 3.05) is 13.1 Å². The highest BCUT2D eigenvalue weighted by atomic mass is 14.9. The summed E-state index contributed by atoms with van der Waals surface area (Å²) < 4.78 is 0. The van der Waals surface area contributed by atoms with E-state index in [9.17, 15) is 0 Å². The molecule has 1 heteroatoms. The molecule has 0 aromatic rings. The maximum absolute atomic E-state index is 3.56. The first-order chi connectivity index (χ1) is 6.79. The van der Waals surface area contributed by atoms with Gasteiger partial charge in [0.1, 0.15) is 0 Å². The third kappa shape index (κ3) is 2.98. The lowest BCUT2D eigenvalue weighted by atomic mass is 9.93. The summed E-state index contributed by atoms with van der Waals surface area (Å²) in [5, 5.41) is 3.56. The van der Waals surface area contributed by atoms with Crippen LogP contribution >= 0.6 is 0 Å². The second-order valence-corrected chi connectivity index (χ2v) is 4.92. The van der Waals surface area contributed by atoms with Gasteiger partial charge in [-0.1, -0.05) is 40.0 Å². The average molecular weight is 197 g/mol. The molecular formula is C13H27N.